The van der Waals surface area contributed by atoms with Crippen LogP contribution in [0.4, 0.5) is 0 Å². The monoisotopic (exact) mass is 274 g/mol. The molecule has 106 valence electrons. The minimum absolute atomic E-state index is 0.276. The van der Waals surface area contributed by atoms with E-state index in [0.29, 0.717) is 12.2 Å². The number of nitrogens with one attached hydrogen (secondary N) is 1. The highest BCUT2D eigenvalue weighted by Gasteiger charge is 2.20. The number of para-hydroxylation sites is 1. The Labute approximate surface area is 117 Å². The Morgan fingerprint density at radius 2 is 2.05 bits per heavy atom. The predicted octanol–water partition coefficient (Wildman–Crippen LogP) is 1.86. The van der Waals surface area contributed by atoms with Gasteiger partial charge in [-0.25, -0.2) is 4.79 Å². The average molecular weight is 274 g/mol. The van der Waals surface area contributed by atoms with Crippen molar-refractivity contribution in [2.45, 2.75) is 19.9 Å². The van der Waals surface area contributed by atoms with Crippen LogP contribution in [0, 0.1) is 0 Å². The van der Waals surface area contributed by atoms with Gasteiger partial charge in [-0.15, -0.1) is 0 Å². The van der Waals surface area contributed by atoms with E-state index in [9.17, 15) is 9.59 Å². The van der Waals surface area contributed by atoms with E-state index in [1.54, 1.807) is 20.0 Å². The maximum Gasteiger partial charge on any atom is 0.328 e. The van der Waals surface area contributed by atoms with E-state index in [-0.39, 0.29) is 5.91 Å². The van der Waals surface area contributed by atoms with Crippen molar-refractivity contribution in [2.75, 3.05) is 6.61 Å². The fourth-order valence-electron chi connectivity index (χ4n) is 2.12. The molecule has 0 aliphatic rings. The van der Waals surface area contributed by atoms with Gasteiger partial charge in [-0.1, -0.05) is 18.2 Å². The summed E-state index contributed by atoms with van der Waals surface area (Å²) in [4.78, 5) is 23.8. The Bertz CT molecular complexity index is 646. The molecule has 2 aromatic rings. The molecule has 5 nitrogen and oxygen atoms in total. The molecule has 1 heterocycles. The van der Waals surface area contributed by atoms with Crippen LogP contribution in [0.3, 0.4) is 0 Å². The molecular formula is C15H18N2O3. The fraction of sp³-hybridized carbons (Fsp3) is 0.333. The molecule has 1 unspecified atom stereocenters. The average Bonchev–Trinajstić information content (AvgIpc) is 2.77. The van der Waals surface area contributed by atoms with E-state index in [4.69, 9.17) is 4.74 Å². The van der Waals surface area contributed by atoms with Crippen molar-refractivity contribution in [3.05, 3.63) is 36.0 Å². The number of amides is 1. The van der Waals surface area contributed by atoms with E-state index in [0.717, 1.165) is 10.9 Å². The second-order valence-corrected chi connectivity index (χ2v) is 4.62. The Morgan fingerprint density at radius 3 is 2.75 bits per heavy atom. The standard InChI is InChI=1S/C15H18N2O3/c1-4-20-15(19)10(2)16-14(18)12-9-17(3)13-8-6-5-7-11(12)13/h5-10H,4H2,1-3H3,(H,16,18). The van der Waals surface area contributed by atoms with Crippen molar-refractivity contribution >= 4 is 22.8 Å². The summed E-state index contributed by atoms with van der Waals surface area (Å²) < 4.78 is 6.76. The van der Waals surface area contributed by atoms with Crippen molar-refractivity contribution in [1.82, 2.24) is 9.88 Å². The largest absolute Gasteiger partial charge is 0.464 e. The lowest BCUT2D eigenvalue weighted by molar-refractivity contribution is -0.144. The molecule has 0 bridgehead atoms. The quantitative estimate of drug-likeness (QED) is 0.866. The van der Waals surface area contributed by atoms with E-state index in [1.807, 2.05) is 35.9 Å². The molecule has 2 rings (SSSR count). The van der Waals surface area contributed by atoms with Crippen LogP contribution in [-0.2, 0) is 16.6 Å². The number of aryl methyl sites for hydroxylation is 1. The van der Waals surface area contributed by atoms with E-state index >= 15 is 0 Å². The van der Waals surface area contributed by atoms with Gasteiger partial charge < -0.3 is 14.6 Å². The molecule has 20 heavy (non-hydrogen) atoms. The number of fused-ring (bicyclic) bond motifs is 1. The lowest BCUT2D eigenvalue weighted by Crippen LogP contribution is -2.39. The van der Waals surface area contributed by atoms with E-state index in [2.05, 4.69) is 5.32 Å². The van der Waals surface area contributed by atoms with Gasteiger partial charge in [0.05, 0.1) is 12.2 Å². The highest BCUT2D eigenvalue weighted by molar-refractivity contribution is 6.07. The summed E-state index contributed by atoms with van der Waals surface area (Å²) in [5.41, 5.74) is 1.53. The van der Waals surface area contributed by atoms with Crippen LogP contribution in [0.1, 0.15) is 24.2 Å². The summed E-state index contributed by atoms with van der Waals surface area (Å²) in [5, 5.41) is 3.52. The Hall–Kier alpha value is -2.30. The number of aromatic nitrogens is 1. The van der Waals surface area contributed by atoms with Crippen molar-refractivity contribution in [3.63, 3.8) is 0 Å². The number of carbonyl (C=O) groups excluding carboxylic acids is 2. The Kier molecular flexibility index (Phi) is 4.08. The lowest BCUT2D eigenvalue weighted by atomic mass is 10.1. The van der Waals surface area contributed by atoms with Crippen molar-refractivity contribution in [2.24, 2.45) is 7.05 Å². The van der Waals surface area contributed by atoms with Crippen LogP contribution in [0.5, 0.6) is 0 Å². The van der Waals surface area contributed by atoms with Gasteiger partial charge >= 0.3 is 5.97 Å². The molecule has 0 radical (unpaired) electrons. The molecule has 0 aliphatic carbocycles. The van der Waals surface area contributed by atoms with Crippen molar-refractivity contribution in [1.29, 1.82) is 0 Å². The highest BCUT2D eigenvalue weighted by atomic mass is 16.5. The van der Waals surface area contributed by atoms with Gasteiger partial charge in [0.2, 0.25) is 0 Å². The molecule has 1 amide bonds. The zero-order valence-electron chi connectivity index (χ0n) is 11.8. The molecule has 0 saturated carbocycles. The van der Waals surface area contributed by atoms with Crippen LogP contribution in [0.2, 0.25) is 0 Å². The summed E-state index contributed by atoms with van der Waals surface area (Å²) >= 11 is 0. The zero-order chi connectivity index (χ0) is 14.7. The predicted molar refractivity (Wildman–Crippen MR) is 76.5 cm³/mol. The van der Waals surface area contributed by atoms with Crippen molar-refractivity contribution < 1.29 is 14.3 Å². The third-order valence-corrected chi connectivity index (χ3v) is 3.13. The van der Waals surface area contributed by atoms with Gasteiger partial charge in [-0.05, 0) is 19.9 Å². The highest BCUT2D eigenvalue weighted by Crippen LogP contribution is 2.20. The van der Waals surface area contributed by atoms with Gasteiger partial charge in [0, 0.05) is 24.1 Å². The molecule has 0 aliphatic heterocycles. The van der Waals surface area contributed by atoms with Crippen LogP contribution in [-0.4, -0.2) is 29.1 Å². The first kappa shape index (κ1) is 14.1. The first-order valence-electron chi connectivity index (χ1n) is 6.56. The number of nitrogens with zero attached hydrogens (tertiary/aromatic N) is 1. The van der Waals surface area contributed by atoms with Gasteiger partial charge in [-0.2, -0.15) is 0 Å². The summed E-state index contributed by atoms with van der Waals surface area (Å²) in [6.07, 6.45) is 1.76. The Balaban J connectivity index is 2.22. The second kappa shape index (κ2) is 5.77. The van der Waals surface area contributed by atoms with E-state index < -0.39 is 12.0 Å². The van der Waals surface area contributed by atoms with Gasteiger partial charge in [0.25, 0.3) is 5.91 Å². The van der Waals surface area contributed by atoms with E-state index in [1.165, 1.54) is 0 Å². The summed E-state index contributed by atoms with van der Waals surface area (Å²) in [5.74, 6) is -0.705. The number of hydrogen-bond donors (Lipinski definition) is 1. The van der Waals surface area contributed by atoms with Crippen LogP contribution in [0.15, 0.2) is 30.5 Å². The van der Waals surface area contributed by atoms with Crippen LogP contribution >= 0.6 is 0 Å². The number of hydrogen-bond acceptors (Lipinski definition) is 3. The molecule has 5 heteroatoms. The smallest absolute Gasteiger partial charge is 0.328 e. The van der Waals surface area contributed by atoms with Gasteiger partial charge in [-0.3, -0.25) is 4.79 Å². The van der Waals surface area contributed by atoms with Crippen molar-refractivity contribution in [3.8, 4) is 0 Å². The van der Waals surface area contributed by atoms with Gasteiger partial charge in [0.15, 0.2) is 0 Å². The zero-order valence-corrected chi connectivity index (χ0v) is 11.8. The maximum absolute atomic E-state index is 12.3. The third-order valence-electron chi connectivity index (χ3n) is 3.13. The molecule has 0 spiro atoms. The lowest BCUT2D eigenvalue weighted by Gasteiger charge is -2.12. The number of benzene rings is 1. The Morgan fingerprint density at radius 1 is 1.35 bits per heavy atom. The first-order chi connectivity index (χ1) is 9.54. The fourth-order valence-corrected chi connectivity index (χ4v) is 2.12. The number of esters is 1. The summed E-state index contributed by atoms with van der Waals surface area (Å²) in [7, 11) is 1.88. The molecular weight excluding hydrogens is 256 g/mol. The normalized spacial score (nSPS) is 12.2. The maximum atomic E-state index is 12.3. The second-order valence-electron chi connectivity index (χ2n) is 4.62. The number of rotatable bonds is 4. The molecule has 1 aromatic heterocycles. The van der Waals surface area contributed by atoms with Crippen LogP contribution in [0.25, 0.3) is 10.9 Å². The third kappa shape index (κ3) is 2.66. The first-order valence-corrected chi connectivity index (χ1v) is 6.56. The van der Waals surface area contributed by atoms with Crippen LogP contribution < -0.4 is 5.32 Å². The molecule has 1 N–H and O–H groups in total. The molecule has 0 fully saturated rings. The molecule has 1 aromatic carbocycles. The minimum Gasteiger partial charge on any atom is -0.464 e. The topological polar surface area (TPSA) is 60.3 Å². The summed E-state index contributed by atoms with van der Waals surface area (Å²) in [6, 6.07) is 6.97. The molecule has 0 saturated heterocycles. The molecule has 1 atom stereocenters. The minimum atomic E-state index is -0.665. The number of carbonyl (C=O) groups is 2. The SMILES string of the molecule is CCOC(=O)C(C)NC(=O)c1cn(C)c2ccccc12. The van der Waals surface area contributed by atoms with Gasteiger partial charge in [0.1, 0.15) is 6.04 Å². The summed E-state index contributed by atoms with van der Waals surface area (Å²) in [6.45, 7) is 3.64. The number of ether oxygens (including phenoxy) is 1.